The summed E-state index contributed by atoms with van der Waals surface area (Å²) < 4.78 is 27.6. The Morgan fingerprint density at radius 1 is 1.00 bits per heavy atom. The van der Waals surface area contributed by atoms with Gasteiger partial charge in [-0.1, -0.05) is 40.2 Å². The predicted octanol–water partition coefficient (Wildman–Crippen LogP) is 4.84. The van der Waals surface area contributed by atoms with Crippen molar-refractivity contribution in [2.24, 2.45) is 0 Å². The second kappa shape index (κ2) is 8.36. The molecule has 0 saturated carbocycles. The first-order chi connectivity index (χ1) is 14.4. The van der Waals surface area contributed by atoms with E-state index in [1.165, 1.54) is 29.2 Å². The zero-order valence-electron chi connectivity index (χ0n) is 15.7. The summed E-state index contributed by atoms with van der Waals surface area (Å²) in [6.07, 6.45) is 0.00852. The number of nitrogens with one attached hydrogen (secondary N) is 1. The molecule has 0 spiro atoms. The van der Waals surface area contributed by atoms with Gasteiger partial charge in [0.05, 0.1) is 12.5 Å². The fourth-order valence-electron chi connectivity index (χ4n) is 3.59. The fraction of sp³-hybridized carbons (Fsp3) is 0.130. The topological polar surface area (TPSA) is 49.4 Å². The van der Waals surface area contributed by atoms with Gasteiger partial charge in [-0.15, -0.1) is 0 Å². The van der Waals surface area contributed by atoms with E-state index in [0.717, 1.165) is 4.47 Å². The molecule has 30 heavy (non-hydrogen) atoms. The zero-order chi connectivity index (χ0) is 21.3. The van der Waals surface area contributed by atoms with Crippen LogP contribution in [0.15, 0.2) is 71.2 Å². The van der Waals surface area contributed by atoms with Crippen LogP contribution in [0.1, 0.15) is 22.7 Å². The van der Waals surface area contributed by atoms with Crippen LogP contribution in [0.5, 0.6) is 0 Å². The van der Waals surface area contributed by atoms with Crippen LogP contribution in [0.4, 0.5) is 14.5 Å². The minimum atomic E-state index is -0.593. The lowest BCUT2D eigenvalue weighted by Crippen LogP contribution is -2.39. The lowest BCUT2D eigenvalue weighted by atomic mass is 9.95. The SMILES string of the molecule is O=C1CN(C(=O)Cc2ccc(F)cc2)C(c2ccc(F)cc2)c2cc(Br)ccc2N1. The Labute approximate surface area is 180 Å². The van der Waals surface area contributed by atoms with Crippen molar-refractivity contribution >= 4 is 33.4 Å². The first-order valence-electron chi connectivity index (χ1n) is 9.29. The molecule has 0 saturated heterocycles. The van der Waals surface area contributed by atoms with E-state index in [9.17, 15) is 18.4 Å². The molecule has 1 atom stereocenters. The van der Waals surface area contributed by atoms with Gasteiger partial charge in [-0.25, -0.2) is 8.78 Å². The highest BCUT2D eigenvalue weighted by molar-refractivity contribution is 9.10. The van der Waals surface area contributed by atoms with Gasteiger partial charge in [0.15, 0.2) is 0 Å². The Morgan fingerprint density at radius 2 is 1.63 bits per heavy atom. The summed E-state index contributed by atoms with van der Waals surface area (Å²) in [6, 6.07) is 16.4. The summed E-state index contributed by atoms with van der Waals surface area (Å²) in [5, 5.41) is 2.84. The van der Waals surface area contributed by atoms with Crippen molar-refractivity contribution in [1.29, 1.82) is 0 Å². The van der Waals surface area contributed by atoms with Crippen LogP contribution in [-0.2, 0) is 16.0 Å². The molecule has 4 nitrogen and oxygen atoms in total. The largest absolute Gasteiger partial charge is 0.324 e. The van der Waals surface area contributed by atoms with Crippen molar-refractivity contribution in [2.45, 2.75) is 12.5 Å². The zero-order valence-corrected chi connectivity index (χ0v) is 17.3. The van der Waals surface area contributed by atoms with Crippen LogP contribution < -0.4 is 5.32 Å². The van der Waals surface area contributed by atoms with Crippen LogP contribution in [0, 0.1) is 11.6 Å². The van der Waals surface area contributed by atoms with E-state index in [2.05, 4.69) is 21.2 Å². The second-order valence-corrected chi connectivity index (χ2v) is 7.97. The van der Waals surface area contributed by atoms with Crippen LogP contribution in [0.3, 0.4) is 0 Å². The molecule has 152 valence electrons. The highest BCUT2D eigenvalue weighted by Crippen LogP contribution is 2.37. The van der Waals surface area contributed by atoms with Crippen LogP contribution in [-0.4, -0.2) is 23.3 Å². The smallest absolute Gasteiger partial charge is 0.244 e. The summed E-state index contributed by atoms with van der Waals surface area (Å²) in [7, 11) is 0. The van der Waals surface area contributed by atoms with E-state index in [1.54, 1.807) is 36.4 Å². The van der Waals surface area contributed by atoms with Gasteiger partial charge < -0.3 is 10.2 Å². The third-order valence-corrected chi connectivity index (χ3v) is 5.48. The maximum Gasteiger partial charge on any atom is 0.244 e. The number of halogens is 3. The van der Waals surface area contributed by atoms with Crippen molar-refractivity contribution in [3.8, 4) is 0 Å². The highest BCUT2D eigenvalue weighted by Gasteiger charge is 2.33. The standard InChI is InChI=1S/C23H17BrF2N2O2/c24-16-5-10-20-19(12-16)23(15-3-8-18(26)9-4-15)28(13-21(29)27-20)22(30)11-14-1-6-17(25)7-2-14/h1-10,12,23H,11,13H2,(H,27,29). The van der Waals surface area contributed by atoms with E-state index in [4.69, 9.17) is 0 Å². The van der Waals surface area contributed by atoms with Gasteiger partial charge in [0, 0.05) is 15.7 Å². The Bertz CT molecular complexity index is 1100. The molecule has 0 aromatic heterocycles. The predicted molar refractivity (Wildman–Crippen MR) is 113 cm³/mol. The molecule has 0 bridgehead atoms. The molecule has 1 heterocycles. The van der Waals surface area contributed by atoms with Crippen molar-refractivity contribution < 1.29 is 18.4 Å². The number of hydrogen-bond acceptors (Lipinski definition) is 2. The highest BCUT2D eigenvalue weighted by atomic mass is 79.9. The van der Waals surface area contributed by atoms with Gasteiger partial charge in [0.2, 0.25) is 11.8 Å². The number of nitrogens with zero attached hydrogens (tertiary/aromatic N) is 1. The van der Waals surface area contributed by atoms with Gasteiger partial charge in [-0.05, 0) is 53.6 Å². The van der Waals surface area contributed by atoms with Gasteiger partial charge in [-0.3, -0.25) is 9.59 Å². The number of hydrogen-bond donors (Lipinski definition) is 1. The van der Waals surface area contributed by atoms with Gasteiger partial charge >= 0.3 is 0 Å². The molecule has 7 heteroatoms. The molecule has 1 aliphatic rings. The van der Waals surface area contributed by atoms with Crippen LogP contribution in [0.25, 0.3) is 0 Å². The number of rotatable bonds is 3. The van der Waals surface area contributed by atoms with E-state index in [-0.39, 0.29) is 36.4 Å². The summed E-state index contributed by atoms with van der Waals surface area (Å²) in [5.74, 6) is -1.39. The molecule has 3 aromatic rings. The van der Waals surface area contributed by atoms with Crippen LogP contribution in [0.2, 0.25) is 0 Å². The molecule has 0 radical (unpaired) electrons. The summed E-state index contributed by atoms with van der Waals surface area (Å²) >= 11 is 3.45. The summed E-state index contributed by atoms with van der Waals surface area (Å²) in [6.45, 7) is -0.158. The number of carbonyl (C=O) groups is 2. The molecule has 4 rings (SSSR count). The molecular weight excluding hydrogens is 454 g/mol. The molecular formula is C23H17BrF2N2O2. The van der Waals surface area contributed by atoms with Gasteiger partial charge in [0.25, 0.3) is 0 Å². The monoisotopic (exact) mass is 470 g/mol. The van der Waals surface area contributed by atoms with E-state index >= 15 is 0 Å². The lowest BCUT2D eigenvalue weighted by Gasteiger charge is -2.31. The number of fused-ring (bicyclic) bond motifs is 1. The molecule has 0 fully saturated rings. The third kappa shape index (κ3) is 4.26. The molecule has 3 aromatic carbocycles. The van der Waals surface area contributed by atoms with Crippen LogP contribution >= 0.6 is 15.9 Å². The Kier molecular flexibility index (Phi) is 5.63. The van der Waals surface area contributed by atoms with E-state index in [1.807, 2.05) is 6.07 Å². The maximum atomic E-state index is 13.5. The Hall–Kier alpha value is -3.06. The Balaban J connectivity index is 1.79. The molecule has 2 amide bonds. The molecule has 0 aliphatic carbocycles. The quantitative estimate of drug-likeness (QED) is 0.595. The number of anilines is 1. The minimum Gasteiger partial charge on any atom is -0.324 e. The normalized spacial score (nSPS) is 15.9. The molecule has 1 N–H and O–H groups in total. The minimum absolute atomic E-state index is 0.00852. The summed E-state index contributed by atoms with van der Waals surface area (Å²) in [4.78, 5) is 27.3. The van der Waals surface area contributed by atoms with Crippen molar-refractivity contribution in [2.75, 3.05) is 11.9 Å². The molecule has 1 aliphatic heterocycles. The van der Waals surface area contributed by atoms with Gasteiger partial charge in [-0.2, -0.15) is 0 Å². The number of benzene rings is 3. The van der Waals surface area contributed by atoms with E-state index < -0.39 is 6.04 Å². The average molecular weight is 471 g/mol. The van der Waals surface area contributed by atoms with E-state index in [0.29, 0.717) is 22.4 Å². The third-order valence-electron chi connectivity index (χ3n) is 4.98. The van der Waals surface area contributed by atoms with Crippen molar-refractivity contribution in [3.63, 3.8) is 0 Å². The number of carbonyl (C=O) groups excluding carboxylic acids is 2. The van der Waals surface area contributed by atoms with Gasteiger partial charge in [0.1, 0.15) is 18.2 Å². The Morgan fingerprint density at radius 3 is 2.30 bits per heavy atom. The maximum absolute atomic E-state index is 13.5. The molecule has 1 unspecified atom stereocenters. The second-order valence-electron chi connectivity index (χ2n) is 7.06. The van der Waals surface area contributed by atoms with Crippen molar-refractivity contribution in [3.05, 3.63) is 99.5 Å². The first-order valence-corrected chi connectivity index (χ1v) is 10.1. The first kappa shape index (κ1) is 20.2. The summed E-state index contributed by atoms with van der Waals surface area (Å²) in [5.41, 5.74) is 2.63. The van der Waals surface area contributed by atoms with Crippen molar-refractivity contribution in [1.82, 2.24) is 4.90 Å². The lowest BCUT2D eigenvalue weighted by molar-refractivity contribution is -0.135. The average Bonchev–Trinajstić information content (AvgIpc) is 2.86. The fourth-order valence-corrected chi connectivity index (χ4v) is 3.97. The number of amides is 2.